The van der Waals surface area contributed by atoms with Crippen LogP contribution in [-0.2, 0) is 11.3 Å². The molecule has 1 saturated heterocycles. The molecule has 1 aliphatic heterocycles. The lowest BCUT2D eigenvalue weighted by Crippen LogP contribution is -2.51. The number of amides is 1. The summed E-state index contributed by atoms with van der Waals surface area (Å²) in [5.74, 6) is -0.0159. The predicted molar refractivity (Wildman–Crippen MR) is 104 cm³/mol. The zero-order valence-corrected chi connectivity index (χ0v) is 15.3. The maximum absolute atomic E-state index is 12.4. The number of carbonyl (C=O) groups excluding carboxylic acids is 1. The van der Waals surface area contributed by atoms with Crippen molar-refractivity contribution in [1.29, 1.82) is 0 Å². The van der Waals surface area contributed by atoms with Gasteiger partial charge in [0.25, 0.3) is 5.91 Å². The largest absolute Gasteiger partial charge is 0.377 e. The van der Waals surface area contributed by atoms with Crippen molar-refractivity contribution in [3.05, 3.63) is 71.8 Å². The Balaban J connectivity index is 1.41. The van der Waals surface area contributed by atoms with Crippen LogP contribution in [0.3, 0.4) is 0 Å². The van der Waals surface area contributed by atoms with Crippen LogP contribution in [0.4, 0.5) is 0 Å². The van der Waals surface area contributed by atoms with Gasteiger partial charge in [0.2, 0.25) is 0 Å². The molecule has 1 aliphatic rings. The van der Waals surface area contributed by atoms with Gasteiger partial charge in [-0.3, -0.25) is 10.2 Å². The van der Waals surface area contributed by atoms with Crippen molar-refractivity contribution < 1.29 is 9.53 Å². The quantitative estimate of drug-likeness (QED) is 0.725. The summed E-state index contributed by atoms with van der Waals surface area (Å²) in [7, 11) is 0. The van der Waals surface area contributed by atoms with Gasteiger partial charge in [-0.1, -0.05) is 55.0 Å². The molecule has 1 heterocycles. The predicted octanol–water partition coefficient (Wildman–Crippen LogP) is 4.18. The topological polar surface area (TPSA) is 41.6 Å². The molecule has 26 heavy (non-hydrogen) atoms. The number of hydrazine groups is 1. The van der Waals surface area contributed by atoms with Gasteiger partial charge in [-0.05, 0) is 43.4 Å². The van der Waals surface area contributed by atoms with E-state index in [0.29, 0.717) is 18.2 Å². The molecule has 0 aliphatic carbocycles. The van der Waals surface area contributed by atoms with Crippen molar-refractivity contribution in [3.8, 4) is 0 Å². The highest BCUT2D eigenvalue weighted by molar-refractivity contribution is 5.93. The molecule has 1 unspecified atom stereocenters. The molecule has 2 aromatic rings. The van der Waals surface area contributed by atoms with Crippen molar-refractivity contribution >= 4 is 5.91 Å². The molecular weight excluding hydrogens is 324 g/mol. The minimum absolute atomic E-state index is 0.0159. The molecule has 2 aromatic carbocycles. The highest BCUT2D eigenvalue weighted by Gasteiger charge is 2.23. The zero-order valence-electron chi connectivity index (χ0n) is 15.3. The Labute approximate surface area is 156 Å². The highest BCUT2D eigenvalue weighted by Crippen LogP contribution is 2.19. The van der Waals surface area contributed by atoms with Gasteiger partial charge in [-0.2, -0.15) is 0 Å². The van der Waals surface area contributed by atoms with E-state index in [1.54, 1.807) is 0 Å². The Bertz CT molecular complexity index is 660. The first kappa shape index (κ1) is 18.6. The molecule has 1 atom stereocenters. The SMILES string of the molecule is O=C(NN1CCCCC1CCCOCc1ccccc1)c1ccccc1. The van der Waals surface area contributed by atoms with Crippen LogP contribution in [0.25, 0.3) is 0 Å². The van der Waals surface area contributed by atoms with Crippen LogP contribution in [0.2, 0.25) is 0 Å². The van der Waals surface area contributed by atoms with Gasteiger partial charge in [0.15, 0.2) is 0 Å². The molecule has 138 valence electrons. The summed E-state index contributed by atoms with van der Waals surface area (Å²) in [5, 5.41) is 2.13. The second-order valence-electron chi connectivity index (χ2n) is 6.83. The minimum atomic E-state index is -0.0159. The van der Waals surface area contributed by atoms with E-state index in [-0.39, 0.29) is 5.91 Å². The highest BCUT2D eigenvalue weighted by atomic mass is 16.5. The minimum Gasteiger partial charge on any atom is -0.377 e. The maximum Gasteiger partial charge on any atom is 0.265 e. The van der Waals surface area contributed by atoms with Gasteiger partial charge >= 0.3 is 0 Å². The summed E-state index contributed by atoms with van der Waals surface area (Å²) in [6, 6.07) is 20.1. The lowest BCUT2D eigenvalue weighted by molar-refractivity contribution is 0.0496. The van der Waals surface area contributed by atoms with Crippen LogP contribution in [0.15, 0.2) is 60.7 Å². The van der Waals surface area contributed by atoms with E-state index in [1.165, 1.54) is 12.0 Å². The molecule has 0 spiro atoms. The van der Waals surface area contributed by atoms with Crippen molar-refractivity contribution in [2.24, 2.45) is 0 Å². The number of carbonyl (C=O) groups is 1. The van der Waals surface area contributed by atoms with Crippen LogP contribution >= 0.6 is 0 Å². The van der Waals surface area contributed by atoms with E-state index in [2.05, 4.69) is 22.6 Å². The smallest absolute Gasteiger partial charge is 0.265 e. The second kappa shape index (κ2) is 10.1. The number of nitrogens with zero attached hydrogens (tertiary/aromatic N) is 1. The fourth-order valence-electron chi connectivity index (χ4n) is 3.42. The summed E-state index contributed by atoms with van der Waals surface area (Å²) in [5.41, 5.74) is 5.03. The van der Waals surface area contributed by atoms with E-state index in [0.717, 1.165) is 38.8 Å². The first-order valence-corrected chi connectivity index (χ1v) is 9.57. The molecule has 4 heteroatoms. The number of nitrogens with one attached hydrogen (secondary N) is 1. The van der Waals surface area contributed by atoms with Crippen LogP contribution in [0.1, 0.15) is 48.0 Å². The van der Waals surface area contributed by atoms with Crippen LogP contribution in [0, 0.1) is 0 Å². The number of piperidine rings is 1. The number of hydrogen-bond donors (Lipinski definition) is 1. The first-order chi connectivity index (χ1) is 12.8. The third kappa shape index (κ3) is 5.68. The van der Waals surface area contributed by atoms with Crippen molar-refractivity contribution in [1.82, 2.24) is 10.4 Å². The van der Waals surface area contributed by atoms with Crippen molar-refractivity contribution in [2.45, 2.75) is 44.8 Å². The van der Waals surface area contributed by atoms with Crippen molar-refractivity contribution in [3.63, 3.8) is 0 Å². The molecule has 3 rings (SSSR count). The summed E-state index contributed by atoms with van der Waals surface area (Å²) >= 11 is 0. The summed E-state index contributed by atoms with van der Waals surface area (Å²) in [6.45, 7) is 2.35. The van der Waals surface area contributed by atoms with Crippen LogP contribution in [-0.4, -0.2) is 30.1 Å². The van der Waals surface area contributed by atoms with Gasteiger partial charge in [0.1, 0.15) is 0 Å². The van der Waals surface area contributed by atoms with Gasteiger partial charge in [0.05, 0.1) is 6.61 Å². The third-order valence-electron chi connectivity index (χ3n) is 4.85. The van der Waals surface area contributed by atoms with Crippen molar-refractivity contribution in [2.75, 3.05) is 13.2 Å². The fourth-order valence-corrected chi connectivity index (χ4v) is 3.42. The molecule has 1 amide bonds. The second-order valence-corrected chi connectivity index (χ2v) is 6.83. The van der Waals surface area contributed by atoms with Gasteiger partial charge in [0, 0.05) is 24.8 Å². The molecule has 1 N–H and O–H groups in total. The van der Waals surface area contributed by atoms with E-state index in [4.69, 9.17) is 4.74 Å². The summed E-state index contributed by atoms with van der Waals surface area (Å²) in [6.07, 6.45) is 5.55. The van der Waals surface area contributed by atoms with E-state index in [1.807, 2.05) is 48.5 Å². The summed E-state index contributed by atoms with van der Waals surface area (Å²) in [4.78, 5) is 12.4. The Morgan fingerprint density at radius 1 is 1.04 bits per heavy atom. The fraction of sp³-hybridized carbons (Fsp3) is 0.409. The number of ether oxygens (including phenoxy) is 1. The normalized spacial score (nSPS) is 17.8. The van der Waals surface area contributed by atoms with E-state index >= 15 is 0 Å². The third-order valence-corrected chi connectivity index (χ3v) is 4.85. The number of benzene rings is 2. The molecule has 0 aromatic heterocycles. The van der Waals surface area contributed by atoms with Crippen LogP contribution in [0.5, 0.6) is 0 Å². The van der Waals surface area contributed by atoms with E-state index < -0.39 is 0 Å². The molecule has 1 fully saturated rings. The molecule has 0 bridgehead atoms. The lowest BCUT2D eigenvalue weighted by Gasteiger charge is -2.35. The van der Waals surface area contributed by atoms with E-state index in [9.17, 15) is 4.79 Å². The Morgan fingerprint density at radius 2 is 1.77 bits per heavy atom. The standard InChI is InChI=1S/C22H28N2O2/c25-22(20-12-5-2-6-13-20)23-24-16-8-7-14-21(24)15-9-17-26-18-19-10-3-1-4-11-19/h1-6,10-13,21H,7-9,14-18H2,(H,23,25). The maximum atomic E-state index is 12.4. The number of rotatable bonds is 8. The van der Waals surface area contributed by atoms with Gasteiger partial charge < -0.3 is 4.74 Å². The Morgan fingerprint density at radius 3 is 2.54 bits per heavy atom. The Kier molecular flexibility index (Phi) is 7.23. The average Bonchev–Trinajstić information content (AvgIpc) is 2.70. The molecule has 0 radical (unpaired) electrons. The zero-order chi connectivity index (χ0) is 18.0. The first-order valence-electron chi connectivity index (χ1n) is 9.57. The molecule has 0 saturated carbocycles. The van der Waals surface area contributed by atoms with Gasteiger partial charge in [-0.25, -0.2) is 5.01 Å². The summed E-state index contributed by atoms with van der Waals surface area (Å²) < 4.78 is 5.79. The lowest BCUT2D eigenvalue weighted by atomic mass is 10.00. The monoisotopic (exact) mass is 352 g/mol. The Hall–Kier alpha value is -2.17. The molecular formula is C22H28N2O2. The average molecular weight is 352 g/mol. The number of hydrogen-bond acceptors (Lipinski definition) is 3. The molecule has 4 nitrogen and oxygen atoms in total. The van der Waals surface area contributed by atoms with Gasteiger partial charge in [-0.15, -0.1) is 0 Å². The van der Waals surface area contributed by atoms with Crippen LogP contribution < -0.4 is 5.43 Å².